The Morgan fingerprint density at radius 1 is 1.19 bits per heavy atom. The summed E-state index contributed by atoms with van der Waals surface area (Å²) in [5.41, 5.74) is 3.28. The second-order valence-corrected chi connectivity index (χ2v) is 5.88. The molecule has 132 valence electrons. The number of methoxy groups -OCH3 is 1. The van der Waals surface area contributed by atoms with Crippen LogP contribution >= 0.6 is 0 Å². The molecule has 0 aliphatic heterocycles. The van der Waals surface area contributed by atoms with Crippen molar-refractivity contribution < 1.29 is 14.3 Å². The monoisotopic (exact) mass is 350 g/mol. The predicted octanol–water partition coefficient (Wildman–Crippen LogP) is 3.98. The Kier molecular flexibility index (Phi) is 4.88. The predicted molar refractivity (Wildman–Crippen MR) is 96.3 cm³/mol. The van der Waals surface area contributed by atoms with E-state index in [-0.39, 0.29) is 12.2 Å². The number of carbonyl (C=O) groups excluding carboxylic acids is 2. The highest BCUT2D eigenvalue weighted by molar-refractivity contribution is 5.94. The number of aromatic nitrogens is 2. The Balaban J connectivity index is 2.05. The number of ether oxygens (including phenoxy) is 1. The molecular weight excluding hydrogens is 332 g/mol. The summed E-state index contributed by atoms with van der Waals surface area (Å²) in [5, 5.41) is 8.53. The molecule has 7 nitrogen and oxygen atoms in total. The van der Waals surface area contributed by atoms with Crippen LogP contribution in [0.1, 0.15) is 28.5 Å². The Bertz CT molecular complexity index is 1020. The quantitative estimate of drug-likeness (QED) is 0.396. The van der Waals surface area contributed by atoms with Gasteiger partial charge in [0, 0.05) is 11.8 Å². The molecule has 2 aromatic heterocycles. The zero-order valence-electron chi connectivity index (χ0n) is 14.8. The van der Waals surface area contributed by atoms with Crippen molar-refractivity contribution in [2.24, 2.45) is 10.2 Å². The third-order valence-corrected chi connectivity index (χ3v) is 3.86. The highest BCUT2D eigenvalue weighted by atomic mass is 16.5. The van der Waals surface area contributed by atoms with Crippen LogP contribution in [0.2, 0.25) is 0 Å². The number of rotatable bonds is 5. The van der Waals surface area contributed by atoms with E-state index in [1.807, 2.05) is 25.3 Å². The van der Waals surface area contributed by atoms with Gasteiger partial charge in [0.15, 0.2) is 11.6 Å². The summed E-state index contributed by atoms with van der Waals surface area (Å²) in [6.07, 6.45) is 1.88. The molecule has 2 heterocycles. The number of benzene rings is 1. The Morgan fingerprint density at radius 2 is 2.00 bits per heavy atom. The van der Waals surface area contributed by atoms with Gasteiger partial charge in [-0.1, -0.05) is 18.2 Å². The van der Waals surface area contributed by atoms with Crippen LogP contribution in [-0.4, -0.2) is 28.2 Å². The van der Waals surface area contributed by atoms with Gasteiger partial charge in [-0.15, -0.1) is 10.2 Å². The summed E-state index contributed by atoms with van der Waals surface area (Å²) in [6.45, 7) is 3.45. The highest BCUT2D eigenvalue weighted by Crippen LogP contribution is 2.26. The Labute approximate surface area is 150 Å². The number of nitrogens with zero attached hydrogens (tertiary/aromatic N) is 4. The maximum absolute atomic E-state index is 11.7. The molecule has 0 amide bonds. The van der Waals surface area contributed by atoms with Crippen LogP contribution in [0, 0.1) is 6.92 Å². The minimum Gasteiger partial charge on any atom is -0.469 e. The normalized spacial score (nSPS) is 11.2. The molecule has 0 N–H and O–H groups in total. The molecule has 0 fully saturated rings. The van der Waals surface area contributed by atoms with E-state index in [0.717, 1.165) is 5.56 Å². The first kappa shape index (κ1) is 17.5. The van der Waals surface area contributed by atoms with E-state index in [9.17, 15) is 9.59 Å². The maximum Gasteiger partial charge on any atom is 0.311 e. The van der Waals surface area contributed by atoms with Crippen molar-refractivity contribution in [3.8, 4) is 0 Å². The minimum absolute atomic E-state index is 0.000926. The molecule has 0 aliphatic carbocycles. The number of pyridine rings is 1. The molecule has 26 heavy (non-hydrogen) atoms. The molecular formula is C19H18N4O3. The second kappa shape index (κ2) is 7.26. The number of hydrogen-bond donors (Lipinski definition) is 0. The molecule has 1 aromatic carbocycles. The SMILES string of the molecule is COC(=O)Cc1nc2ccc(C)cn2c1N=Nc1cccc(C(C)=O)c1. The number of ketones is 1. The number of fused-ring (bicyclic) bond motifs is 1. The van der Waals surface area contributed by atoms with Crippen LogP contribution in [0.25, 0.3) is 5.65 Å². The van der Waals surface area contributed by atoms with Crippen LogP contribution < -0.4 is 0 Å². The molecule has 0 unspecified atom stereocenters. The van der Waals surface area contributed by atoms with E-state index in [0.29, 0.717) is 28.4 Å². The average Bonchev–Trinajstić information content (AvgIpc) is 2.96. The van der Waals surface area contributed by atoms with E-state index in [1.165, 1.54) is 14.0 Å². The van der Waals surface area contributed by atoms with Gasteiger partial charge in [-0.3, -0.25) is 14.0 Å². The van der Waals surface area contributed by atoms with Gasteiger partial charge in [-0.25, -0.2) is 4.98 Å². The molecule has 0 saturated heterocycles. The smallest absolute Gasteiger partial charge is 0.311 e. The van der Waals surface area contributed by atoms with E-state index < -0.39 is 5.97 Å². The molecule has 0 aliphatic rings. The molecule has 0 atom stereocenters. The van der Waals surface area contributed by atoms with Gasteiger partial charge < -0.3 is 4.74 Å². The summed E-state index contributed by atoms with van der Waals surface area (Å²) in [4.78, 5) is 27.7. The van der Waals surface area contributed by atoms with E-state index in [1.54, 1.807) is 28.7 Å². The lowest BCUT2D eigenvalue weighted by Crippen LogP contribution is -2.04. The summed E-state index contributed by atoms with van der Waals surface area (Å²) in [6, 6.07) is 10.7. The fraction of sp³-hybridized carbons (Fsp3) is 0.211. The number of Topliss-reactive ketones (excluding diaryl/α,β-unsaturated/α-hetero) is 1. The third-order valence-electron chi connectivity index (χ3n) is 3.86. The first-order valence-electron chi connectivity index (χ1n) is 8.05. The third kappa shape index (κ3) is 3.66. The van der Waals surface area contributed by atoms with Crippen molar-refractivity contribution in [2.45, 2.75) is 20.3 Å². The van der Waals surface area contributed by atoms with Crippen molar-refractivity contribution in [3.63, 3.8) is 0 Å². The summed E-state index contributed by atoms with van der Waals surface area (Å²) in [7, 11) is 1.33. The van der Waals surface area contributed by atoms with Crippen LogP contribution in [0.3, 0.4) is 0 Å². The fourth-order valence-corrected chi connectivity index (χ4v) is 2.51. The number of imidazole rings is 1. The van der Waals surface area contributed by atoms with Crippen LogP contribution in [0.15, 0.2) is 52.8 Å². The maximum atomic E-state index is 11.7. The number of carbonyl (C=O) groups is 2. The van der Waals surface area contributed by atoms with Gasteiger partial charge in [0.1, 0.15) is 5.65 Å². The highest BCUT2D eigenvalue weighted by Gasteiger charge is 2.16. The zero-order chi connectivity index (χ0) is 18.7. The Morgan fingerprint density at radius 3 is 2.73 bits per heavy atom. The average molecular weight is 350 g/mol. The van der Waals surface area contributed by atoms with Gasteiger partial charge in [0.05, 0.1) is 24.9 Å². The molecule has 7 heteroatoms. The van der Waals surface area contributed by atoms with Crippen molar-refractivity contribution in [3.05, 3.63) is 59.4 Å². The van der Waals surface area contributed by atoms with Gasteiger partial charge in [0.25, 0.3) is 0 Å². The number of hydrogen-bond acceptors (Lipinski definition) is 6. The summed E-state index contributed by atoms with van der Waals surface area (Å²) >= 11 is 0. The van der Waals surface area contributed by atoms with E-state index in [4.69, 9.17) is 4.74 Å². The van der Waals surface area contributed by atoms with Gasteiger partial charge in [-0.2, -0.15) is 0 Å². The number of esters is 1. The van der Waals surface area contributed by atoms with Gasteiger partial charge >= 0.3 is 5.97 Å². The fourth-order valence-electron chi connectivity index (χ4n) is 2.51. The summed E-state index contributed by atoms with van der Waals surface area (Å²) < 4.78 is 6.52. The zero-order valence-corrected chi connectivity index (χ0v) is 14.8. The van der Waals surface area contributed by atoms with Crippen LogP contribution in [0.4, 0.5) is 11.5 Å². The lowest BCUT2D eigenvalue weighted by atomic mass is 10.1. The van der Waals surface area contributed by atoms with Crippen molar-refractivity contribution in [2.75, 3.05) is 7.11 Å². The van der Waals surface area contributed by atoms with Crippen molar-refractivity contribution in [1.29, 1.82) is 0 Å². The molecule has 0 bridgehead atoms. The first-order chi connectivity index (χ1) is 12.5. The largest absolute Gasteiger partial charge is 0.469 e. The van der Waals surface area contributed by atoms with Gasteiger partial charge in [-0.05, 0) is 37.6 Å². The van der Waals surface area contributed by atoms with Crippen LogP contribution in [-0.2, 0) is 16.0 Å². The molecule has 0 spiro atoms. The lowest BCUT2D eigenvalue weighted by Gasteiger charge is -2.00. The van der Waals surface area contributed by atoms with E-state index >= 15 is 0 Å². The first-order valence-corrected chi connectivity index (χ1v) is 8.05. The molecule has 3 aromatic rings. The minimum atomic E-state index is -0.403. The second-order valence-electron chi connectivity index (χ2n) is 5.88. The summed E-state index contributed by atoms with van der Waals surface area (Å²) in [5.74, 6) is 0.0151. The molecule has 0 saturated carbocycles. The van der Waals surface area contributed by atoms with Gasteiger partial charge in [0.2, 0.25) is 0 Å². The lowest BCUT2D eigenvalue weighted by molar-refractivity contribution is -0.139. The van der Waals surface area contributed by atoms with E-state index in [2.05, 4.69) is 15.2 Å². The molecule has 0 radical (unpaired) electrons. The molecule has 3 rings (SSSR count). The number of aryl methyl sites for hydroxylation is 1. The van der Waals surface area contributed by atoms with Crippen molar-refractivity contribution in [1.82, 2.24) is 9.38 Å². The standard InChI is InChI=1S/C19H18N4O3/c1-12-7-8-17-20-16(10-18(25)26-3)19(23(17)11-12)22-21-15-6-4-5-14(9-15)13(2)24/h4-9,11H,10H2,1-3H3. The number of azo groups is 1. The van der Waals surface area contributed by atoms with Crippen molar-refractivity contribution >= 4 is 28.9 Å². The van der Waals surface area contributed by atoms with Crippen LogP contribution in [0.5, 0.6) is 0 Å². The Hall–Kier alpha value is -3.35. The topological polar surface area (TPSA) is 85.4 Å².